The zero-order chi connectivity index (χ0) is 12.3. The molecular formula is C15H24N2. The molecule has 1 heterocycles. The van der Waals surface area contributed by atoms with Crippen LogP contribution in [0.4, 0.5) is 0 Å². The Morgan fingerprint density at radius 2 is 2.00 bits per heavy atom. The van der Waals surface area contributed by atoms with E-state index >= 15 is 0 Å². The van der Waals surface area contributed by atoms with E-state index in [1.54, 1.807) is 0 Å². The van der Waals surface area contributed by atoms with Crippen molar-refractivity contribution in [2.24, 2.45) is 11.7 Å². The molecule has 2 rings (SSSR count). The molecule has 3 unspecified atom stereocenters. The summed E-state index contributed by atoms with van der Waals surface area (Å²) in [6.07, 6.45) is 2.56. The summed E-state index contributed by atoms with van der Waals surface area (Å²) in [5.41, 5.74) is 7.24. The van der Waals surface area contributed by atoms with E-state index < -0.39 is 0 Å². The van der Waals surface area contributed by atoms with Crippen LogP contribution in [0, 0.1) is 5.92 Å². The van der Waals surface area contributed by atoms with Crippen LogP contribution >= 0.6 is 0 Å². The van der Waals surface area contributed by atoms with E-state index in [0.717, 1.165) is 13.1 Å². The van der Waals surface area contributed by atoms with Crippen molar-refractivity contribution >= 4 is 0 Å². The number of likely N-dealkylation sites (tertiary alicyclic amines) is 1. The zero-order valence-electron chi connectivity index (χ0n) is 11.0. The summed E-state index contributed by atoms with van der Waals surface area (Å²) in [6, 6.07) is 12.0. The zero-order valence-corrected chi connectivity index (χ0v) is 11.0. The molecule has 0 aromatic heterocycles. The van der Waals surface area contributed by atoms with Crippen molar-refractivity contribution in [2.75, 3.05) is 13.1 Å². The Hall–Kier alpha value is -0.860. The topological polar surface area (TPSA) is 29.3 Å². The van der Waals surface area contributed by atoms with Crippen molar-refractivity contribution in [1.29, 1.82) is 0 Å². The van der Waals surface area contributed by atoms with Gasteiger partial charge in [-0.1, -0.05) is 30.3 Å². The molecule has 2 N–H and O–H groups in total. The fourth-order valence-electron chi connectivity index (χ4n) is 2.87. The highest BCUT2D eigenvalue weighted by molar-refractivity contribution is 5.18. The van der Waals surface area contributed by atoms with Gasteiger partial charge in [-0.25, -0.2) is 0 Å². The van der Waals surface area contributed by atoms with Gasteiger partial charge in [-0.3, -0.25) is 4.90 Å². The van der Waals surface area contributed by atoms with Crippen molar-refractivity contribution in [1.82, 2.24) is 4.90 Å². The fraction of sp³-hybridized carbons (Fsp3) is 0.600. The van der Waals surface area contributed by atoms with Gasteiger partial charge in [-0.05, 0) is 44.7 Å². The highest BCUT2D eigenvalue weighted by Crippen LogP contribution is 2.30. The largest absolute Gasteiger partial charge is 0.330 e. The lowest BCUT2D eigenvalue weighted by Gasteiger charge is -2.41. The third-order valence-electron chi connectivity index (χ3n) is 4.14. The van der Waals surface area contributed by atoms with E-state index in [-0.39, 0.29) is 0 Å². The lowest BCUT2D eigenvalue weighted by molar-refractivity contribution is 0.0812. The average molecular weight is 232 g/mol. The first-order valence-corrected chi connectivity index (χ1v) is 6.73. The van der Waals surface area contributed by atoms with Crippen LogP contribution in [0.5, 0.6) is 0 Å². The molecule has 94 valence electrons. The summed E-state index contributed by atoms with van der Waals surface area (Å²) < 4.78 is 0. The molecule has 0 spiro atoms. The Kier molecular flexibility index (Phi) is 4.19. The van der Waals surface area contributed by atoms with Crippen molar-refractivity contribution in [3.63, 3.8) is 0 Å². The molecule has 1 fully saturated rings. The Balaban J connectivity index is 2.09. The second-order valence-corrected chi connectivity index (χ2v) is 5.31. The minimum absolute atomic E-state index is 0.501. The van der Waals surface area contributed by atoms with E-state index in [2.05, 4.69) is 49.1 Å². The number of rotatable bonds is 3. The van der Waals surface area contributed by atoms with E-state index in [4.69, 9.17) is 5.73 Å². The Bertz CT molecular complexity index is 336. The Morgan fingerprint density at radius 1 is 1.29 bits per heavy atom. The van der Waals surface area contributed by atoms with Gasteiger partial charge in [0.25, 0.3) is 0 Å². The van der Waals surface area contributed by atoms with Crippen LogP contribution in [0.1, 0.15) is 38.3 Å². The third kappa shape index (κ3) is 2.88. The maximum absolute atomic E-state index is 5.82. The molecule has 1 aromatic carbocycles. The Labute approximate surface area is 105 Å². The van der Waals surface area contributed by atoms with Crippen LogP contribution in [0.3, 0.4) is 0 Å². The molecular weight excluding hydrogens is 208 g/mol. The maximum atomic E-state index is 5.82. The maximum Gasteiger partial charge on any atom is 0.0322 e. The van der Waals surface area contributed by atoms with Gasteiger partial charge in [0.05, 0.1) is 0 Å². The molecule has 3 atom stereocenters. The second kappa shape index (κ2) is 5.65. The average Bonchev–Trinajstić information content (AvgIpc) is 2.39. The first kappa shape index (κ1) is 12.6. The van der Waals surface area contributed by atoms with Gasteiger partial charge in [0, 0.05) is 18.6 Å². The first-order valence-electron chi connectivity index (χ1n) is 6.73. The van der Waals surface area contributed by atoms with E-state index in [9.17, 15) is 0 Å². The van der Waals surface area contributed by atoms with E-state index in [1.807, 2.05) is 0 Å². The minimum Gasteiger partial charge on any atom is -0.330 e. The third-order valence-corrected chi connectivity index (χ3v) is 4.14. The number of hydrogen-bond acceptors (Lipinski definition) is 2. The van der Waals surface area contributed by atoms with Crippen molar-refractivity contribution in [3.05, 3.63) is 35.9 Å². The summed E-state index contributed by atoms with van der Waals surface area (Å²) in [5, 5.41) is 0. The van der Waals surface area contributed by atoms with Crippen molar-refractivity contribution < 1.29 is 0 Å². The first-order chi connectivity index (χ1) is 8.22. The minimum atomic E-state index is 0.501. The molecule has 1 saturated heterocycles. The van der Waals surface area contributed by atoms with Gasteiger partial charge >= 0.3 is 0 Å². The van der Waals surface area contributed by atoms with Crippen LogP contribution in [-0.4, -0.2) is 24.0 Å². The monoisotopic (exact) mass is 232 g/mol. The van der Waals surface area contributed by atoms with Crippen molar-refractivity contribution in [2.45, 2.75) is 38.8 Å². The molecule has 0 radical (unpaired) electrons. The normalized spacial score (nSPS) is 27.9. The molecule has 1 aliphatic heterocycles. The van der Waals surface area contributed by atoms with Gasteiger partial charge in [-0.15, -0.1) is 0 Å². The van der Waals surface area contributed by atoms with E-state index in [1.165, 1.54) is 18.4 Å². The standard InChI is InChI=1S/C15H24N2/c1-12-8-9-14(10-16)11-17(12)13(2)15-6-4-3-5-7-15/h3-7,12-14H,8-11,16H2,1-2H3. The predicted molar refractivity (Wildman–Crippen MR) is 72.8 cm³/mol. The smallest absolute Gasteiger partial charge is 0.0322 e. The van der Waals surface area contributed by atoms with E-state index in [0.29, 0.717) is 18.0 Å². The Morgan fingerprint density at radius 3 is 2.65 bits per heavy atom. The van der Waals surface area contributed by atoms with Crippen LogP contribution < -0.4 is 5.73 Å². The molecule has 2 nitrogen and oxygen atoms in total. The summed E-state index contributed by atoms with van der Waals surface area (Å²) in [7, 11) is 0. The number of nitrogens with two attached hydrogens (primary N) is 1. The van der Waals surface area contributed by atoms with Crippen LogP contribution in [0.2, 0.25) is 0 Å². The van der Waals surface area contributed by atoms with Gasteiger partial charge in [-0.2, -0.15) is 0 Å². The summed E-state index contributed by atoms with van der Waals surface area (Å²) in [6.45, 7) is 6.62. The lowest BCUT2D eigenvalue weighted by Crippen LogP contribution is -2.44. The molecule has 1 aromatic rings. The number of hydrogen-bond donors (Lipinski definition) is 1. The summed E-state index contributed by atoms with van der Waals surface area (Å²) in [4.78, 5) is 2.61. The SMILES string of the molecule is CC1CCC(CN)CN1C(C)c1ccccc1. The van der Waals surface area contributed by atoms with Gasteiger partial charge in [0.15, 0.2) is 0 Å². The van der Waals surface area contributed by atoms with Gasteiger partial charge < -0.3 is 5.73 Å². The molecule has 0 aliphatic carbocycles. The van der Waals surface area contributed by atoms with Crippen LogP contribution in [0.15, 0.2) is 30.3 Å². The quantitative estimate of drug-likeness (QED) is 0.868. The molecule has 0 saturated carbocycles. The highest BCUT2D eigenvalue weighted by atomic mass is 15.2. The van der Waals surface area contributed by atoms with Crippen LogP contribution in [0.25, 0.3) is 0 Å². The van der Waals surface area contributed by atoms with Gasteiger partial charge in [0.1, 0.15) is 0 Å². The number of piperidine rings is 1. The highest BCUT2D eigenvalue weighted by Gasteiger charge is 2.28. The fourth-order valence-corrected chi connectivity index (χ4v) is 2.87. The summed E-state index contributed by atoms with van der Waals surface area (Å²) >= 11 is 0. The summed E-state index contributed by atoms with van der Waals surface area (Å²) in [5.74, 6) is 0.678. The molecule has 0 amide bonds. The number of benzene rings is 1. The molecule has 2 heteroatoms. The lowest BCUT2D eigenvalue weighted by atomic mass is 9.91. The molecule has 1 aliphatic rings. The van der Waals surface area contributed by atoms with Crippen LogP contribution in [-0.2, 0) is 0 Å². The number of nitrogens with zero attached hydrogens (tertiary/aromatic N) is 1. The predicted octanol–water partition coefficient (Wildman–Crippen LogP) is 2.81. The van der Waals surface area contributed by atoms with Crippen molar-refractivity contribution in [3.8, 4) is 0 Å². The molecule has 0 bridgehead atoms. The second-order valence-electron chi connectivity index (χ2n) is 5.31. The molecule has 17 heavy (non-hydrogen) atoms. The van der Waals surface area contributed by atoms with Gasteiger partial charge in [0.2, 0.25) is 0 Å².